The van der Waals surface area contributed by atoms with Crippen molar-refractivity contribution in [3.05, 3.63) is 35.6 Å². The molecule has 1 aromatic rings. The molecule has 1 rings (SSSR count). The molecule has 0 aliphatic carbocycles. The highest BCUT2D eigenvalue weighted by molar-refractivity contribution is 5.83. The predicted octanol–water partition coefficient (Wildman–Crippen LogP) is 1.05. The van der Waals surface area contributed by atoms with Crippen LogP contribution in [0.3, 0.4) is 0 Å². The van der Waals surface area contributed by atoms with Crippen molar-refractivity contribution in [3.63, 3.8) is 0 Å². The van der Waals surface area contributed by atoms with E-state index in [1.54, 1.807) is 12.1 Å². The summed E-state index contributed by atoms with van der Waals surface area (Å²) in [6.07, 6.45) is 0.198. The predicted molar refractivity (Wildman–Crippen MR) is 59.7 cm³/mol. The molecular formula is C12H14FNO3. The smallest absolute Gasteiger partial charge is 0.328 e. The van der Waals surface area contributed by atoms with Crippen molar-refractivity contribution < 1.29 is 18.7 Å². The summed E-state index contributed by atoms with van der Waals surface area (Å²) in [6.45, 7) is 1.31. The molecule has 0 spiro atoms. The lowest BCUT2D eigenvalue weighted by atomic mass is 10.1. The van der Waals surface area contributed by atoms with Crippen LogP contribution in [0.1, 0.15) is 12.5 Å². The van der Waals surface area contributed by atoms with Crippen LogP contribution in [0, 0.1) is 5.82 Å². The molecule has 0 aromatic heterocycles. The van der Waals surface area contributed by atoms with Crippen LogP contribution in [0.2, 0.25) is 0 Å². The molecule has 0 radical (unpaired) electrons. The number of hydrogen-bond acceptors (Lipinski definition) is 3. The fourth-order valence-electron chi connectivity index (χ4n) is 1.48. The Morgan fingerprint density at radius 2 is 2.18 bits per heavy atom. The van der Waals surface area contributed by atoms with Crippen molar-refractivity contribution in [2.45, 2.75) is 19.4 Å². The third-order valence-corrected chi connectivity index (χ3v) is 2.19. The SMILES string of the molecule is COC(=O)[C@@H](Cc1cccc(F)c1)NC(C)=O. The summed E-state index contributed by atoms with van der Waals surface area (Å²) in [7, 11) is 1.24. The molecule has 0 saturated carbocycles. The molecule has 4 nitrogen and oxygen atoms in total. The van der Waals surface area contributed by atoms with Gasteiger partial charge in [-0.3, -0.25) is 4.79 Å². The van der Waals surface area contributed by atoms with Gasteiger partial charge in [-0.15, -0.1) is 0 Å². The number of amides is 1. The summed E-state index contributed by atoms with van der Waals surface area (Å²) in [5.41, 5.74) is 0.620. The molecule has 0 unspecified atom stereocenters. The number of carbonyl (C=O) groups excluding carboxylic acids is 2. The number of nitrogens with one attached hydrogen (secondary N) is 1. The summed E-state index contributed by atoms with van der Waals surface area (Å²) in [6, 6.07) is 5.07. The molecule has 0 bridgehead atoms. The van der Waals surface area contributed by atoms with Crippen LogP contribution in [0.15, 0.2) is 24.3 Å². The first-order valence-corrected chi connectivity index (χ1v) is 5.12. The number of esters is 1. The van der Waals surface area contributed by atoms with Gasteiger partial charge < -0.3 is 10.1 Å². The monoisotopic (exact) mass is 239 g/mol. The zero-order valence-corrected chi connectivity index (χ0v) is 9.70. The number of hydrogen-bond donors (Lipinski definition) is 1. The minimum absolute atomic E-state index is 0.198. The highest BCUT2D eigenvalue weighted by Crippen LogP contribution is 2.07. The van der Waals surface area contributed by atoms with E-state index in [2.05, 4.69) is 10.1 Å². The maximum atomic E-state index is 13.0. The first-order chi connectivity index (χ1) is 8.02. The molecule has 0 fully saturated rings. The molecule has 1 atom stereocenters. The Morgan fingerprint density at radius 1 is 1.47 bits per heavy atom. The lowest BCUT2D eigenvalue weighted by Gasteiger charge is -2.15. The van der Waals surface area contributed by atoms with E-state index >= 15 is 0 Å². The Hall–Kier alpha value is -1.91. The van der Waals surface area contributed by atoms with Crippen LogP contribution in [0.25, 0.3) is 0 Å². The van der Waals surface area contributed by atoms with Gasteiger partial charge in [-0.1, -0.05) is 12.1 Å². The van der Waals surface area contributed by atoms with Gasteiger partial charge in [0.15, 0.2) is 0 Å². The number of carbonyl (C=O) groups is 2. The maximum Gasteiger partial charge on any atom is 0.328 e. The molecule has 0 aliphatic rings. The number of halogens is 1. The Kier molecular flexibility index (Phi) is 4.63. The highest BCUT2D eigenvalue weighted by Gasteiger charge is 2.20. The van der Waals surface area contributed by atoms with E-state index in [1.807, 2.05) is 0 Å². The molecule has 1 N–H and O–H groups in total. The molecule has 0 saturated heterocycles. The molecule has 92 valence electrons. The average molecular weight is 239 g/mol. The van der Waals surface area contributed by atoms with Crippen LogP contribution >= 0.6 is 0 Å². The Labute approximate surface area is 98.8 Å². The normalized spacial score (nSPS) is 11.7. The fourth-order valence-corrected chi connectivity index (χ4v) is 1.48. The van der Waals surface area contributed by atoms with E-state index in [0.717, 1.165) is 0 Å². The quantitative estimate of drug-likeness (QED) is 0.799. The minimum Gasteiger partial charge on any atom is -0.467 e. The second-order valence-electron chi connectivity index (χ2n) is 3.61. The number of methoxy groups -OCH3 is 1. The van der Waals surface area contributed by atoms with Crippen molar-refractivity contribution in [3.8, 4) is 0 Å². The van der Waals surface area contributed by atoms with E-state index in [-0.39, 0.29) is 18.1 Å². The number of rotatable bonds is 4. The first-order valence-electron chi connectivity index (χ1n) is 5.12. The molecule has 1 amide bonds. The van der Waals surface area contributed by atoms with Gasteiger partial charge in [0.2, 0.25) is 5.91 Å². The van der Waals surface area contributed by atoms with Crippen molar-refractivity contribution in [2.75, 3.05) is 7.11 Å². The van der Waals surface area contributed by atoms with Crippen LogP contribution in [-0.2, 0) is 20.7 Å². The lowest BCUT2D eigenvalue weighted by molar-refractivity contribution is -0.144. The molecule has 1 aromatic carbocycles. The second kappa shape index (κ2) is 5.98. The van der Waals surface area contributed by atoms with Gasteiger partial charge in [-0.25, -0.2) is 9.18 Å². The third kappa shape index (κ3) is 4.22. The third-order valence-electron chi connectivity index (χ3n) is 2.19. The minimum atomic E-state index is -0.792. The van der Waals surface area contributed by atoms with E-state index in [0.29, 0.717) is 5.56 Å². The summed E-state index contributed by atoms with van der Waals surface area (Å²) in [5.74, 6) is -1.27. The average Bonchev–Trinajstić information content (AvgIpc) is 2.26. The van der Waals surface area contributed by atoms with Crippen molar-refractivity contribution in [2.24, 2.45) is 0 Å². The molecule has 0 heterocycles. The standard InChI is InChI=1S/C12H14FNO3/c1-8(15)14-11(12(16)17-2)7-9-4-3-5-10(13)6-9/h3-6,11H,7H2,1-2H3,(H,14,15)/t11-/m1/s1. The fraction of sp³-hybridized carbons (Fsp3) is 0.333. The van der Waals surface area contributed by atoms with Gasteiger partial charge in [0, 0.05) is 13.3 Å². The van der Waals surface area contributed by atoms with Crippen molar-refractivity contribution in [1.82, 2.24) is 5.32 Å². The number of benzene rings is 1. The Bertz CT molecular complexity index is 420. The Morgan fingerprint density at radius 3 is 2.71 bits per heavy atom. The Balaban J connectivity index is 2.78. The molecular weight excluding hydrogens is 225 g/mol. The second-order valence-corrected chi connectivity index (χ2v) is 3.61. The zero-order valence-electron chi connectivity index (χ0n) is 9.70. The van der Waals surface area contributed by atoms with Gasteiger partial charge in [-0.2, -0.15) is 0 Å². The van der Waals surface area contributed by atoms with E-state index < -0.39 is 12.0 Å². The van der Waals surface area contributed by atoms with Gasteiger partial charge in [0.05, 0.1) is 7.11 Å². The van der Waals surface area contributed by atoms with Gasteiger partial charge in [0.1, 0.15) is 11.9 Å². The molecule has 0 aliphatic heterocycles. The number of ether oxygens (including phenoxy) is 1. The summed E-state index contributed by atoms with van der Waals surface area (Å²) in [5, 5.41) is 2.46. The van der Waals surface area contributed by atoms with Gasteiger partial charge >= 0.3 is 5.97 Å². The maximum absolute atomic E-state index is 13.0. The summed E-state index contributed by atoms with van der Waals surface area (Å²) in [4.78, 5) is 22.3. The van der Waals surface area contributed by atoms with Crippen molar-refractivity contribution in [1.29, 1.82) is 0 Å². The zero-order chi connectivity index (χ0) is 12.8. The van der Waals surface area contributed by atoms with E-state index in [4.69, 9.17) is 0 Å². The largest absolute Gasteiger partial charge is 0.467 e. The van der Waals surface area contributed by atoms with Crippen molar-refractivity contribution >= 4 is 11.9 Å². The van der Waals surface area contributed by atoms with E-state index in [1.165, 1.54) is 26.2 Å². The van der Waals surface area contributed by atoms with Crippen LogP contribution in [0.5, 0.6) is 0 Å². The van der Waals surface area contributed by atoms with Crippen LogP contribution in [-0.4, -0.2) is 25.0 Å². The molecule has 5 heteroatoms. The highest BCUT2D eigenvalue weighted by atomic mass is 19.1. The van der Waals surface area contributed by atoms with Crippen LogP contribution in [0.4, 0.5) is 4.39 Å². The summed E-state index contributed by atoms with van der Waals surface area (Å²) < 4.78 is 17.5. The van der Waals surface area contributed by atoms with E-state index in [9.17, 15) is 14.0 Å². The van der Waals surface area contributed by atoms with Gasteiger partial charge in [0.25, 0.3) is 0 Å². The topological polar surface area (TPSA) is 55.4 Å². The lowest BCUT2D eigenvalue weighted by Crippen LogP contribution is -2.41. The first kappa shape index (κ1) is 13.2. The van der Waals surface area contributed by atoms with Crippen LogP contribution < -0.4 is 5.32 Å². The summed E-state index contributed by atoms with van der Waals surface area (Å²) >= 11 is 0. The van der Waals surface area contributed by atoms with Gasteiger partial charge in [-0.05, 0) is 17.7 Å². The molecule has 17 heavy (non-hydrogen) atoms.